The van der Waals surface area contributed by atoms with Crippen LogP contribution in [0.4, 0.5) is 5.82 Å². The minimum absolute atomic E-state index is 0.155. The maximum absolute atomic E-state index is 11.2. The largest absolute Gasteiger partial charge is 0.369 e. The SMILES string of the molecule is Cc1nn(C)c(NCCC(C)S(C)=O)c1C#N. The van der Waals surface area contributed by atoms with Crippen LogP contribution in [0.2, 0.25) is 0 Å². The summed E-state index contributed by atoms with van der Waals surface area (Å²) in [4.78, 5) is 0. The van der Waals surface area contributed by atoms with Gasteiger partial charge in [0.05, 0.1) is 5.69 Å². The lowest BCUT2D eigenvalue weighted by atomic mass is 10.2. The summed E-state index contributed by atoms with van der Waals surface area (Å²) in [5, 5.41) is 16.5. The first-order chi connectivity index (χ1) is 7.97. The fraction of sp³-hybridized carbons (Fsp3) is 0.636. The monoisotopic (exact) mass is 254 g/mol. The number of nitrogens with one attached hydrogen (secondary N) is 1. The molecule has 1 N–H and O–H groups in total. The van der Waals surface area contributed by atoms with Crippen molar-refractivity contribution < 1.29 is 4.21 Å². The van der Waals surface area contributed by atoms with Crippen LogP contribution >= 0.6 is 0 Å². The Morgan fingerprint density at radius 2 is 2.29 bits per heavy atom. The molecule has 0 fully saturated rings. The van der Waals surface area contributed by atoms with Crippen molar-refractivity contribution in [1.82, 2.24) is 9.78 Å². The van der Waals surface area contributed by atoms with Gasteiger partial charge in [-0.25, -0.2) is 0 Å². The summed E-state index contributed by atoms with van der Waals surface area (Å²) in [6.07, 6.45) is 2.51. The Balaban J connectivity index is 2.64. The number of aromatic nitrogens is 2. The maximum atomic E-state index is 11.2. The van der Waals surface area contributed by atoms with E-state index in [1.165, 1.54) is 0 Å². The van der Waals surface area contributed by atoms with Gasteiger partial charge in [0.15, 0.2) is 0 Å². The zero-order chi connectivity index (χ0) is 13.0. The molecule has 1 aromatic rings. The second kappa shape index (κ2) is 5.82. The highest BCUT2D eigenvalue weighted by atomic mass is 32.2. The number of nitrogens with zero attached hydrogens (tertiary/aromatic N) is 3. The quantitative estimate of drug-likeness (QED) is 0.856. The number of hydrogen-bond donors (Lipinski definition) is 1. The third-order valence-corrected chi connectivity index (χ3v) is 4.11. The lowest BCUT2D eigenvalue weighted by Gasteiger charge is -2.10. The molecule has 0 aliphatic rings. The van der Waals surface area contributed by atoms with Crippen LogP contribution in [0, 0.1) is 18.3 Å². The van der Waals surface area contributed by atoms with E-state index in [1.807, 2.05) is 13.8 Å². The van der Waals surface area contributed by atoms with Crippen molar-refractivity contribution in [3.05, 3.63) is 11.3 Å². The zero-order valence-electron chi connectivity index (χ0n) is 10.6. The number of rotatable bonds is 5. The lowest BCUT2D eigenvalue weighted by molar-refractivity contribution is 0.671. The van der Waals surface area contributed by atoms with Crippen molar-refractivity contribution in [1.29, 1.82) is 5.26 Å². The fourth-order valence-electron chi connectivity index (χ4n) is 1.55. The van der Waals surface area contributed by atoms with Gasteiger partial charge >= 0.3 is 0 Å². The van der Waals surface area contributed by atoms with E-state index in [0.717, 1.165) is 17.9 Å². The highest BCUT2D eigenvalue weighted by Crippen LogP contribution is 2.17. The average Bonchev–Trinajstić information content (AvgIpc) is 2.53. The Bertz CT molecular complexity index is 461. The standard InChI is InChI=1S/C11H18N4OS/c1-8(17(4)16)5-6-13-11-10(7-12)9(2)14-15(11)3/h8,13H,5-6H2,1-4H3. The first-order valence-electron chi connectivity index (χ1n) is 5.47. The summed E-state index contributed by atoms with van der Waals surface area (Å²) in [7, 11) is 1.00. The molecule has 0 bridgehead atoms. The van der Waals surface area contributed by atoms with Crippen LogP contribution in [-0.2, 0) is 17.8 Å². The molecule has 1 heterocycles. The highest BCUT2D eigenvalue weighted by Gasteiger charge is 2.13. The van der Waals surface area contributed by atoms with Gasteiger partial charge in [0.25, 0.3) is 0 Å². The molecule has 6 heteroatoms. The molecule has 1 rings (SSSR count). The number of nitriles is 1. The van der Waals surface area contributed by atoms with Crippen molar-refractivity contribution in [3.8, 4) is 6.07 Å². The Kier molecular flexibility index (Phi) is 4.70. The first kappa shape index (κ1) is 13.7. The van der Waals surface area contributed by atoms with Crippen LogP contribution in [0.5, 0.6) is 0 Å². The zero-order valence-corrected chi connectivity index (χ0v) is 11.5. The van der Waals surface area contributed by atoms with E-state index in [4.69, 9.17) is 5.26 Å². The van der Waals surface area contributed by atoms with Gasteiger partial charge in [-0.2, -0.15) is 10.4 Å². The van der Waals surface area contributed by atoms with E-state index < -0.39 is 10.8 Å². The highest BCUT2D eigenvalue weighted by molar-refractivity contribution is 7.84. The lowest BCUT2D eigenvalue weighted by Crippen LogP contribution is -2.16. The topological polar surface area (TPSA) is 70.7 Å². The molecule has 0 saturated carbocycles. The summed E-state index contributed by atoms with van der Waals surface area (Å²) in [6.45, 7) is 4.46. The minimum atomic E-state index is -0.803. The molecule has 2 atom stereocenters. The summed E-state index contributed by atoms with van der Waals surface area (Å²) in [5.41, 5.74) is 1.31. The molecular formula is C11H18N4OS. The Morgan fingerprint density at radius 3 is 2.82 bits per heavy atom. The predicted molar refractivity (Wildman–Crippen MR) is 69.3 cm³/mol. The predicted octanol–water partition coefficient (Wildman–Crippen LogP) is 1.17. The van der Waals surface area contributed by atoms with Crippen LogP contribution < -0.4 is 5.32 Å². The van der Waals surface area contributed by atoms with Crippen LogP contribution in [0.1, 0.15) is 24.6 Å². The van der Waals surface area contributed by atoms with Crippen LogP contribution in [0.15, 0.2) is 0 Å². The van der Waals surface area contributed by atoms with Crippen LogP contribution in [0.25, 0.3) is 0 Å². The third-order valence-electron chi connectivity index (χ3n) is 2.74. The third kappa shape index (κ3) is 3.30. The molecule has 94 valence electrons. The van der Waals surface area contributed by atoms with Gasteiger partial charge in [0.1, 0.15) is 17.5 Å². The van der Waals surface area contributed by atoms with Gasteiger partial charge in [-0.05, 0) is 13.3 Å². The van der Waals surface area contributed by atoms with E-state index in [1.54, 1.807) is 18.0 Å². The van der Waals surface area contributed by atoms with Gasteiger partial charge in [-0.15, -0.1) is 0 Å². The molecule has 0 aromatic carbocycles. The second-order valence-electron chi connectivity index (χ2n) is 4.07. The summed E-state index contributed by atoms with van der Waals surface area (Å²) >= 11 is 0. The number of anilines is 1. The Morgan fingerprint density at radius 1 is 1.65 bits per heavy atom. The van der Waals surface area contributed by atoms with Gasteiger partial charge in [0, 0.05) is 35.9 Å². The number of aryl methyl sites for hydroxylation is 2. The molecule has 0 aliphatic carbocycles. The molecule has 0 saturated heterocycles. The normalized spacial score (nSPS) is 14.1. The van der Waals surface area contributed by atoms with Gasteiger partial charge in [0.2, 0.25) is 0 Å². The summed E-state index contributed by atoms with van der Waals surface area (Å²) in [5.74, 6) is 0.735. The molecular weight excluding hydrogens is 236 g/mol. The Hall–Kier alpha value is -1.35. The smallest absolute Gasteiger partial charge is 0.142 e. The molecule has 1 aromatic heterocycles. The van der Waals surface area contributed by atoms with E-state index in [0.29, 0.717) is 12.1 Å². The van der Waals surface area contributed by atoms with Gasteiger partial charge in [-0.3, -0.25) is 8.89 Å². The van der Waals surface area contributed by atoms with Crippen LogP contribution in [0.3, 0.4) is 0 Å². The van der Waals surface area contributed by atoms with Crippen molar-refractivity contribution >= 4 is 16.6 Å². The molecule has 0 spiro atoms. The van der Waals surface area contributed by atoms with Gasteiger partial charge in [-0.1, -0.05) is 6.92 Å². The van der Waals surface area contributed by atoms with E-state index >= 15 is 0 Å². The molecule has 0 radical (unpaired) electrons. The van der Waals surface area contributed by atoms with Crippen LogP contribution in [-0.4, -0.2) is 32.0 Å². The maximum Gasteiger partial charge on any atom is 0.142 e. The molecule has 5 nitrogen and oxygen atoms in total. The first-order valence-corrected chi connectivity index (χ1v) is 7.09. The molecule has 0 amide bonds. The second-order valence-corrected chi connectivity index (χ2v) is 5.87. The summed E-state index contributed by atoms with van der Waals surface area (Å²) < 4.78 is 12.9. The van der Waals surface area contributed by atoms with Crippen molar-refractivity contribution in [2.45, 2.75) is 25.5 Å². The van der Waals surface area contributed by atoms with E-state index in [9.17, 15) is 4.21 Å². The minimum Gasteiger partial charge on any atom is -0.369 e. The fourth-order valence-corrected chi connectivity index (χ4v) is 2.00. The Labute approximate surface area is 104 Å². The van der Waals surface area contributed by atoms with Gasteiger partial charge < -0.3 is 5.32 Å². The molecule has 17 heavy (non-hydrogen) atoms. The van der Waals surface area contributed by atoms with Crippen molar-refractivity contribution in [2.24, 2.45) is 7.05 Å². The van der Waals surface area contributed by atoms with E-state index in [-0.39, 0.29) is 5.25 Å². The molecule has 2 unspecified atom stereocenters. The average molecular weight is 254 g/mol. The van der Waals surface area contributed by atoms with Crippen molar-refractivity contribution in [3.63, 3.8) is 0 Å². The molecule has 0 aliphatic heterocycles. The number of hydrogen-bond acceptors (Lipinski definition) is 4. The van der Waals surface area contributed by atoms with E-state index in [2.05, 4.69) is 16.5 Å². The van der Waals surface area contributed by atoms with Crippen molar-refractivity contribution in [2.75, 3.05) is 18.1 Å². The summed E-state index contributed by atoms with van der Waals surface area (Å²) in [6, 6.07) is 2.14.